The minimum atomic E-state index is -0.0979. The minimum absolute atomic E-state index is 0.00640. The topological polar surface area (TPSA) is 66.9 Å². The van der Waals surface area contributed by atoms with Crippen LogP contribution in [-0.2, 0) is 4.79 Å². The van der Waals surface area contributed by atoms with Crippen molar-refractivity contribution in [2.24, 2.45) is 0 Å². The van der Waals surface area contributed by atoms with Crippen LogP contribution in [0.1, 0.15) is 12.8 Å². The molecule has 1 aliphatic heterocycles. The first-order valence-corrected chi connectivity index (χ1v) is 8.57. The van der Waals surface area contributed by atoms with Gasteiger partial charge in [-0.2, -0.15) is 0 Å². The Morgan fingerprint density at radius 3 is 3.10 bits per heavy atom. The van der Waals surface area contributed by atoms with Crippen LogP contribution in [0.15, 0.2) is 32.9 Å². The number of nitrogens with zero attached hydrogens (tertiary/aromatic N) is 2. The zero-order chi connectivity index (χ0) is 14.7. The summed E-state index contributed by atoms with van der Waals surface area (Å²) in [7, 11) is 0. The zero-order valence-electron chi connectivity index (χ0n) is 11.0. The average molecular weight is 341 g/mol. The molecular weight excluding hydrogens is 328 g/mol. The Labute approximate surface area is 135 Å². The van der Waals surface area contributed by atoms with Crippen LogP contribution in [0.5, 0.6) is 0 Å². The molecule has 1 saturated heterocycles. The number of hydrogen-bond donors (Lipinski definition) is 2. The third-order valence-electron chi connectivity index (χ3n) is 3.11. The molecule has 1 aliphatic rings. The molecule has 0 aliphatic carbocycles. The molecule has 1 amide bonds. The number of anilines is 1. The molecule has 0 radical (unpaired) electrons. The fraction of sp³-hybridized carbons (Fsp3) is 0.308. The number of halogens is 1. The highest BCUT2D eigenvalue weighted by atomic mass is 35.5. The largest absolute Gasteiger partial charge is 0.325 e. The Morgan fingerprint density at radius 1 is 1.52 bits per heavy atom. The van der Waals surface area contributed by atoms with Gasteiger partial charge in [0.1, 0.15) is 5.51 Å². The van der Waals surface area contributed by atoms with Crippen LogP contribution in [0.4, 0.5) is 5.69 Å². The summed E-state index contributed by atoms with van der Waals surface area (Å²) < 4.78 is 0.837. The van der Waals surface area contributed by atoms with Crippen LogP contribution in [0.3, 0.4) is 0 Å². The Kier molecular flexibility index (Phi) is 4.74. The molecule has 1 unspecified atom stereocenters. The Hall–Kier alpha value is -1.15. The number of nitrogens with one attached hydrogen (secondary N) is 2. The van der Waals surface area contributed by atoms with Gasteiger partial charge in [-0.3, -0.25) is 4.79 Å². The fourth-order valence-corrected chi connectivity index (χ4v) is 3.84. The van der Waals surface area contributed by atoms with Gasteiger partial charge in [-0.25, -0.2) is 0 Å². The molecule has 0 bridgehead atoms. The van der Waals surface area contributed by atoms with Gasteiger partial charge in [0.05, 0.1) is 11.1 Å². The van der Waals surface area contributed by atoms with Gasteiger partial charge < -0.3 is 10.6 Å². The highest BCUT2D eigenvalue weighted by molar-refractivity contribution is 8.01. The van der Waals surface area contributed by atoms with E-state index < -0.39 is 0 Å². The van der Waals surface area contributed by atoms with Crippen molar-refractivity contribution in [1.29, 1.82) is 0 Å². The monoisotopic (exact) mass is 340 g/mol. The molecule has 1 aromatic carbocycles. The van der Waals surface area contributed by atoms with E-state index in [1.807, 2.05) is 12.1 Å². The van der Waals surface area contributed by atoms with E-state index in [4.69, 9.17) is 11.6 Å². The van der Waals surface area contributed by atoms with Crippen molar-refractivity contribution in [2.45, 2.75) is 28.1 Å². The van der Waals surface area contributed by atoms with Crippen molar-refractivity contribution in [3.8, 4) is 0 Å². The van der Waals surface area contributed by atoms with E-state index in [0.717, 1.165) is 28.6 Å². The number of hydrogen-bond acceptors (Lipinski definition) is 6. The summed E-state index contributed by atoms with van der Waals surface area (Å²) in [4.78, 5) is 12.9. The van der Waals surface area contributed by atoms with Crippen molar-refractivity contribution in [3.05, 3.63) is 28.7 Å². The van der Waals surface area contributed by atoms with Gasteiger partial charge in [0.15, 0.2) is 4.34 Å². The summed E-state index contributed by atoms with van der Waals surface area (Å²) in [5.41, 5.74) is 2.39. The maximum absolute atomic E-state index is 12.0. The third kappa shape index (κ3) is 3.74. The SMILES string of the molecule is O=C(Nc1ccc(Sc2nncs2)c(Cl)c1)C1CCCN1. The summed E-state index contributed by atoms with van der Waals surface area (Å²) in [6.07, 6.45) is 1.92. The Balaban J connectivity index is 1.67. The molecule has 1 aromatic heterocycles. The normalized spacial score (nSPS) is 17.9. The maximum Gasteiger partial charge on any atom is 0.241 e. The maximum atomic E-state index is 12.0. The van der Waals surface area contributed by atoms with E-state index in [9.17, 15) is 4.79 Å². The summed E-state index contributed by atoms with van der Waals surface area (Å²) in [6.45, 7) is 0.899. The Morgan fingerprint density at radius 2 is 2.43 bits per heavy atom. The molecule has 2 heterocycles. The highest BCUT2D eigenvalue weighted by Gasteiger charge is 2.22. The summed E-state index contributed by atoms with van der Waals surface area (Å²) in [5.74, 6) is -0.00640. The van der Waals surface area contributed by atoms with Crippen LogP contribution in [0, 0.1) is 0 Å². The zero-order valence-corrected chi connectivity index (χ0v) is 13.4. The van der Waals surface area contributed by atoms with Crippen LogP contribution >= 0.6 is 34.7 Å². The summed E-state index contributed by atoms with van der Waals surface area (Å²) in [6, 6.07) is 5.39. The van der Waals surface area contributed by atoms with Gasteiger partial charge in [0, 0.05) is 10.6 Å². The molecule has 1 atom stereocenters. The minimum Gasteiger partial charge on any atom is -0.325 e. The lowest BCUT2D eigenvalue weighted by atomic mass is 10.2. The number of aromatic nitrogens is 2. The van der Waals surface area contributed by atoms with E-state index in [1.165, 1.54) is 23.1 Å². The number of rotatable bonds is 4. The molecular formula is C13H13ClN4OS2. The van der Waals surface area contributed by atoms with Gasteiger partial charge >= 0.3 is 0 Å². The standard InChI is InChI=1S/C13H13ClN4OS2/c14-9-6-8(17-12(19)10-2-1-5-15-10)3-4-11(9)21-13-18-16-7-20-13/h3-4,6-7,10,15H,1-2,5H2,(H,17,19). The Bertz CT molecular complexity index is 629. The lowest BCUT2D eigenvalue weighted by Crippen LogP contribution is -2.35. The predicted octanol–water partition coefficient (Wildman–Crippen LogP) is 3.03. The summed E-state index contributed by atoms with van der Waals surface area (Å²) in [5, 5.41) is 14.4. The average Bonchev–Trinajstić information content (AvgIpc) is 3.14. The molecule has 1 fully saturated rings. The van der Waals surface area contributed by atoms with Gasteiger partial charge in [0.2, 0.25) is 5.91 Å². The molecule has 0 spiro atoms. The van der Waals surface area contributed by atoms with Crippen molar-refractivity contribution < 1.29 is 4.79 Å². The van der Waals surface area contributed by atoms with Crippen molar-refractivity contribution in [3.63, 3.8) is 0 Å². The van der Waals surface area contributed by atoms with Crippen molar-refractivity contribution in [1.82, 2.24) is 15.5 Å². The first-order valence-electron chi connectivity index (χ1n) is 6.50. The van der Waals surface area contributed by atoms with Crippen LogP contribution in [0.25, 0.3) is 0 Å². The highest BCUT2D eigenvalue weighted by Crippen LogP contribution is 2.35. The van der Waals surface area contributed by atoms with E-state index in [-0.39, 0.29) is 11.9 Å². The molecule has 2 aromatic rings. The van der Waals surface area contributed by atoms with Gasteiger partial charge in [-0.1, -0.05) is 34.7 Å². The fourth-order valence-electron chi connectivity index (χ4n) is 2.10. The third-order valence-corrected chi connectivity index (χ3v) is 5.39. The van der Waals surface area contributed by atoms with Crippen LogP contribution in [-0.4, -0.2) is 28.7 Å². The molecule has 3 rings (SSSR count). The molecule has 110 valence electrons. The number of carbonyl (C=O) groups is 1. The second-order valence-corrected chi connectivity index (χ2v) is 7.12. The quantitative estimate of drug-likeness (QED) is 0.895. The van der Waals surface area contributed by atoms with Gasteiger partial charge in [0.25, 0.3) is 0 Å². The molecule has 0 saturated carbocycles. The van der Waals surface area contributed by atoms with Gasteiger partial charge in [-0.15, -0.1) is 10.2 Å². The molecule has 5 nitrogen and oxygen atoms in total. The van der Waals surface area contributed by atoms with E-state index in [0.29, 0.717) is 10.7 Å². The molecule has 21 heavy (non-hydrogen) atoms. The second-order valence-electron chi connectivity index (χ2n) is 4.59. The van der Waals surface area contributed by atoms with Gasteiger partial charge in [-0.05, 0) is 37.6 Å². The second kappa shape index (κ2) is 6.74. The van der Waals surface area contributed by atoms with Crippen molar-refractivity contribution >= 4 is 46.3 Å². The predicted molar refractivity (Wildman–Crippen MR) is 85.1 cm³/mol. The first-order chi connectivity index (χ1) is 10.2. The lowest BCUT2D eigenvalue weighted by molar-refractivity contribution is -0.117. The lowest BCUT2D eigenvalue weighted by Gasteiger charge is -2.12. The van der Waals surface area contributed by atoms with Crippen LogP contribution in [0.2, 0.25) is 5.02 Å². The van der Waals surface area contributed by atoms with E-state index in [2.05, 4.69) is 20.8 Å². The number of amides is 1. The van der Waals surface area contributed by atoms with E-state index in [1.54, 1.807) is 11.6 Å². The van der Waals surface area contributed by atoms with Crippen molar-refractivity contribution in [2.75, 3.05) is 11.9 Å². The molecule has 2 N–H and O–H groups in total. The van der Waals surface area contributed by atoms with Crippen LogP contribution < -0.4 is 10.6 Å². The summed E-state index contributed by atoms with van der Waals surface area (Å²) >= 11 is 9.18. The smallest absolute Gasteiger partial charge is 0.241 e. The number of carbonyl (C=O) groups excluding carboxylic acids is 1. The first kappa shape index (κ1) is 14.8. The molecule has 8 heteroatoms. The van der Waals surface area contributed by atoms with E-state index >= 15 is 0 Å². The number of benzene rings is 1.